The molecule has 0 bridgehead atoms. The van der Waals surface area contributed by atoms with Gasteiger partial charge in [-0.05, 0) is 25.0 Å². The van der Waals surface area contributed by atoms with Crippen molar-refractivity contribution in [2.45, 2.75) is 58.0 Å². The van der Waals surface area contributed by atoms with E-state index in [0.717, 1.165) is 47.8 Å². The van der Waals surface area contributed by atoms with Gasteiger partial charge >= 0.3 is 0 Å². The van der Waals surface area contributed by atoms with Crippen LogP contribution in [-0.2, 0) is 16.1 Å². The number of hydrogen-bond acceptors (Lipinski definition) is 6. The molecule has 0 aliphatic rings. The lowest BCUT2D eigenvalue weighted by molar-refractivity contribution is -0.122. The lowest BCUT2D eigenvalue weighted by atomic mass is 10.0. The van der Waals surface area contributed by atoms with Crippen LogP contribution in [0.1, 0.15) is 57.3 Å². The molecule has 0 spiro atoms. The van der Waals surface area contributed by atoms with Crippen molar-refractivity contribution in [3.05, 3.63) is 48.8 Å². The van der Waals surface area contributed by atoms with Crippen molar-refractivity contribution in [1.82, 2.24) is 40.5 Å². The minimum Gasteiger partial charge on any atom is -0.345 e. The maximum Gasteiger partial charge on any atom is 0.242 e. The van der Waals surface area contributed by atoms with Crippen LogP contribution in [0.15, 0.2) is 43.0 Å². The number of Topliss-reactive ketones (excluding diaryl/α,β-unsaturated/α-hetero) is 1. The Balaban J connectivity index is 1.44. The van der Waals surface area contributed by atoms with Crippen LogP contribution in [0.5, 0.6) is 0 Å². The van der Waals surface area contributed by atoms with Gasteiger partial charge in [-0.15, -0.1) is 5.10 Å². The summed E-state index contributed by atoms with van der Waals surface area (Å²) in [7, 11) is 0. The number of fused-ring (bicyclic) bond motifs is 1. The number of carbonyl (C=O) groups excluding carboxylic acids is 2. The molecule has 0 radical (unpaired) electrons. The van der Waals surface area contributed by atoms with E-state index in [4.69, 9.17) is 0 Å². The predicted octanol–water partition coefficient (Wildman–Crippen LogP) is 3.33. The summed E-state index contributed by atoms with van der Waals surface area (Å²) >= 11 is 0. The van der Waals surface area contributed by atoms with E-state index >= 15 is 0 Å². The number of benzene rings is 1. The van der Waals surface area contributed by atoms with Crippen molar-refractivity contribution in [2.75, 3.05) is 0 Å². The lowest BCUT2D eigenvalue weighted by Gasteiger charge is -2.17. The van der Waals surface area contributed by atoms with Crippen LogP contribution in [0.25, 0.3) is 22.2 Å². The number of imidazole rings is 1. The van der Waals surface area contributed by atoms with Crippen molar-refractivity contribution in [1.29, 1.82) is 0 Å². The zero-order valence-electron chi connectivity index (χ0n) is 18.6. The lowest BCUT2D eigenvalue weighted by Crippen LogP contribution is -2.32. The van der Waals surface area contributed by atoms with E-state index in [0.29, 0.717) is 18.7 Å². The van der Waals surface area contributed by atoms with Gasteiger partial charge in [0.1, 0.15) is 18.2 Å². The first-order chi connectivity index (χ1) is 16.1. The molecule has 0 saturated carbocycles. The zero-order chi connectivity index (χ0) is 23.0. The highest BCUT2D eigenvalue weighted by atomic mass is 16.2. The normalized spacial score (nSPS) is 12.2. The molecule has 3 N–H and O–H groups in total. The van der Waals surface area contributed by atoms with E-state index in [2.05, 4.69) is 35.8 Å². The molecule has 1 aromatic carbocycles. The summed E-state index contributed by atoms with van der Waals surface area (Å²) in [6, 6.07) is 5.75. The Morgan fingerprint density at radius 1 is 1.18 bits per heavy atom. The molecule has 0 unspecified atom stereocenters. The van der Waals surface area contributed by atoms with Crippen LogP contribution in [0.4, 0.5) is 0 Å². The maximum absolute atomic E-state index is 12.6. The van der Waals surface area contributed by atoms with Crippen molar-refractivity contribution >= 4 is 22.6 Å². The monoisotopic (exact) mass is 448 g/mol. The molecule has 172 valence electrons. The second-order valence-corrected chi connectivity index (χ2v) is 8.07. The summed E-state index contributed by atoms with van der Waals surface area (Å²) in [4.78, 5) is 32.1. The number of aromatic amines is 2. The number of ketones is 1. The van der Waals surface area contributed by atoms with Crippen molar-refractivity contribution in [3.63, 3.8) is 0 Å². The van der Waals surface area contributed by atoms with Crippen LogP contribution in [0, 0.1) is 0 Å². The summed E-state index contributed by atoms with van der Waals surface area (Å²) in [5.74, 6) is 0.830. The van der Waals surface area contributed by atoms with E-state index in [-0.39, 0.29) is 24.3 Å². The first-order valence-corrected chi connectivity index (χ1v) is 11.3. The number of rotatable bonds is 12. The highest BCUT2D eigenvalue weighted by Crippen LogP contribution is 2.25. The number of H-pyrrole nitrogens is 2. The molecule has 1 atom stereocenters. The van der Waals surface area contributed by atoms with Crippen molar-refractivity contribution < 1.29 is 9.59 Å². The summed E-state index contributed by atoms with van der Waals surface area (Å²) in [6.07, 6.45) is 11.3. The molecular formula is C23H28N8O2. The Morgan fingerprint density at radius 3 is 2.91 bits per heavy atom. The molecular weight excluding hydrogens is 420 g/mol. The van der Waals surface area contributed by atoms with Crippen LogP contribution in [0.2, 0.25) is 0 Å². The molecule has 0 fully saturated rings. The quantitative estimate of drug-likeness (QED) is 0.285. The third-order valence-electron chi connectivity index (χ3n) is 5.63. The van der Waals surface area contributed by atoms with E-state index in [9.17, 15) is 9.59 Å². The SMILES string of the molecule is CCC(=O)CCCCC[C@H](NC(=O)Cn1ccnn1)c1ncc(-c2ccc3[nH]ncc3c2)[nH]1. The summed E-state index contributed by atoms with van der Waals surface area (Å²) in [5, 5.41) is 18.7. The van der Waals surface area contributed by atoms with Gasteiger partial charge < -0.3 is 10.3 Å². The topological polar surface area (TPSA) is 134 Å². The van der Waals surface area contributed by atoms with Gasteiger partial charge in [0, 0.05) is 30.0 Å². The van der Waals surface area contributed by atoms with Gasteiger partial charge in [-0.25, -0.2) is 9.67 Å². The molecule has 0 aliphatic heterocycles. The number of unbranched alkanes of at least 4 members (excludes halogenated alkanes) is 2. The van der Waals surface area contributed by atoms with Crippen molar-refractivity contribution in [3.8, 4) is 11.3 Å². The van der Waals surface area contributed by atoms with Gasteiger partial charge in [0.15, 0.2) is 0 Å². The number of hydrogen-bond donors (Lipinski definition) is 3. The van der Waals surface area contributed by atoms with Gasteiger partial charge in [0.05, 0.1) is 35.8 Å². The average Bonchev–Trinajstić information content (AvgIpc) is 3.59. The maximum atomic E-state index is 12.6. The molecule has 3 aromatic heterocycles. The molecule has 10 nitrogen and oxygen atoms in total. The molecule has 4 rings (SSSR count). The van der Waals surface area contributed by atoms with Gasteiger partial charge in [0.25, 0.3) is 0 Å². The standard InChI is InChI=1S/C23H28N8O2/c1-2-18(32)6-4-3-5-7-20(27-22(33)15-31-11-10-25-30-31)23-24-14-21(28-23)16-8-9-19-17(12-16)13-26-29-19/h8-14,20H,2-7,15H2,1H3,(H,24,28)(H,26,29)(H,27,33)/t20-/m0/s1. The number of amides is 1. The Kier molecular flexibility index (Phi) is 7.23. The Bertz CT molecular complexity index is 1190. The zero-order valence-corrected chi connectivity index (χ0v) is 18.6. The smallest absolute Gasteiger partial charge is 0.242 e. The Labute approximate surface area is 191 Å². The third-order valence-corrected chi connectivity index (χ3v) is 5.63. The molecule has 1 amide bonds. The Hall–Kier alpha value is -3.82. The van der Waals surface area contributed by atoms with Gasteiger partial charge in [0.2, 0.25) is 5.91 Å². The first-order valence-electron chi connectivity index (χ1n) is 11.3. The number of nitrogens with zero attached hydrogens (tertiary/aromatic N) is 5. The second kappa shape index (κ2) is 10.7. The van der Waals surface area contributed by atoms with Crippen molar-refractivity contribution in [2.24, 2.45) is 0 Å². The molecule has 3 heterocycles. The number of carbonyl (C=O) groups is 2. The molecule has 10 heteroatoms. The number of aromatic nitrogens is 7. The second-order valence-electron chi connectivity index (χ2n) is 8.07. The fourth-order valence-corrected chi connectivity index (χ4v) is 3.78. The largest absolute Gasteiger partial charge is 0.345 e. The molecule has 4 aromatic rings. The average molecular weight is 449 g/mol. The highest BCUT2D eigenvalue weighted by Gasteiger charge is 2.19. The van der Waals surface area contributed by atoms with Gasteiger partial charge in [-0.2, -0.15) is 5.10 Å². The fraction of sp³-hybridized carbons (Fsp3) is 0.391. The third kappa shape index (κ3) is 5.91. The summed E-state index contributed by atoms with van der Waals surface area (Å²) in [5.41, 5.74) is 2.84. The van der Waals surface area contributed by atoms with Gasteiger partial charge in [-0.3, -0.25) is 14.7 Å². The number of nitrogens with one attached hydrogen (secondary N) is 3. The first kappa shape index (κ1) is 22.4. The Morgan fingerprint density at radius 2 is 2.09 bits per heavy atom. The molecule has 0 saturated heterocycles. The fourth-order valence-electron chi connectivity index (χ4n) is 3.78. The minimum atomic E-state index is -0.269. The predicted molar refractivity (Wildman–Crippen MR) is 123 cm³/mol. The van der Waals surface area contributed by atoms with Crippen LogP contribution < -0.4 is 5.32 Å². The van der Waals surface area contributed by atoms with E-state index in [1.165, 1.54) is 10.9 Å². The highest BCUT2D eigenvalue weighted by molar-refractivity contribution is 5.83. The molecule has 0 aliphatic carbocycles. The van der Waals surface area contributed by atoms with E-state index < -0.39 is 0 Å². The van der Waals surface area contributed by atoms with Crippen LogP contribution in [-0.4, -0.2) is 46.8 Å². The van der Waals surface area contributed by atoms with Crippen LogP contribution >= 0.6 is 0 Å². The van der Waals surface area contributed by atoms with E-state index in [1.54, 1.807) is 18.6 Å². The summed E-state index contributed by atoms with van der Waals surface area (Å²) < 4.78 is 1.48. The van der Waals surface area contributed by atoms with E-state index in [1.807, 2.05) is 25.1 Å². The van der Waals surface area contributed by atoms with Crippen LogP contribution in [0.3, 0.4) is 0 Å². The minimum absolute atomic E-state index is 0.0895. The summed E-state index contributed by atoms with van der Waals surface area (Å²) in [6.45, 7) is 1.98. The van der Waals surface area contributed by atoms with Gasteiger partial charge in [-0.1, -0.05) is 31.0 Å². The molecule has 33 heavy (non-hydrogen) atoms.